The minimum Gasteiger partial charge on any atom is -0.477 e. The lowest BCUT2D eigenvalue weighted by Crippen LogP contribution is -2.36. The van der Waals surface area contributed by atoms with Crippen LogP contribution in [0.4, 0.5) is 0 Å². The number of guanidine groups is 1. The molecule has 7 nitrogen and oxygen atoms in total. The van der Waals surface area contributed by atoms with E-state index in [0.717, 1.165) is 17.7 Å². The van der Waals surface area contributed by atoms with Gasteiger partial charge < -0.3 is 19.8 Å². The molecule has 0 aliphatic heterocycles. The second-order valence-electron chi connectivity index (χ2n) is 6.96. The number of hydrogen-bond acceptors (Lipinski definition) is 5. The Morgan fingerprint density at radius 2 is 2.00 bits per heavy atom. The zero-order valence-electron chi connectivity index (χ0n) is 16.3. The van der Waals surface area contributed by atoms with Crippen LogP contribution < -0.4 is 15.4 Å². The van der Waals surface area contributed by atoms with Gasteiger partial charge in [-0.25, -0.2) is 9.97 Å². The number of aromatic nitrogens is 2. The molecule has 2 rings (SSSR count). The van der Waals surface area contributed by atoms with Crippen LogP contribution in [0.25, 0.3) is 0 Å². The molecule has 0 aliphatic carbocycles. The highest BCUT2D eigenvalue weighted by atomic mass is 16.5. The summed E-state index contributed by atoms with van der Waals surface area (Å²) in [6.45, 7) is 10.0. The molecule has 0 saturated carbocycles. The molecule has 7 heteroatoms. The number of pyridine rings is 1. The van der Waals surface area contributed by atoms with Crippen LogP contribution in [-0.2, 0) is 18.5 Å². The molecular weight excluding hydrogens is 330 g/mol. The molecule has 0 saturated heterocycles. The predicted octanol–water partition coefficient (Wildman–Crippen LogP) is 3.02. The topological polar surface area (TPSA) is 84.6 Å². The van der Waals surface area contributed by atoms with E-state index in [2.05, 4.69) is 53.3 Å². The van der Waals surface area contributed by atoms with Crippen LogP contribution in [0.5, 0.6) is 5.88 Å². The van der Waals surface area contributed by atoms with Gasteiger partial charge in [0.25, 0.3) is 0 Å². The standard InChI is InChI=1S/C19H29N5O2/c1-6-10-25-17-14(8-7-9-21-17)11-23-18(20-5)24-13-16-22-12-15(26-16)19(2,3)4/h7-9,12H,6,10-11,13H2,1-5H3,(H2,20,23,24). The van der Waals surface area contributed by atoms with E-state index in [-0.39, 0.29) is 5.41 Å². The Kier molecular flexibility index (Phi) is 7.00. The van der Waals surface area contributed by atoms with Gasteiger partial charge in [0.2, 0.25) is 11.8 Å². The molecule has 0 unspecified atom stereocenters. The number of aliphatic imine (C=N–C) groups is 1. The van der Waals surface area contributed by atoms with Crippen molar-refractivity contribution in [2.24, 2.45) is 4.99 Å². The van der Waals surface area contributed by atoms with Crippen LogP contribution in [0.1, 0.15) is 51.3 Å². The van der Waals surface area contributed by atoms with E-state index in [4.69, 9.17) is 9.15 Å². The number of nitrogens with one attached hydrogen (secondary N) is 2. The first-order valence-corrected chi connectivity index (χ1v) is 8.90. The number of nitrogens with zero attached hydrogens (tertiary/aromatic N) is 3. The van der Waals surface area contributed by atoms with Crippen molar-refractivity contribution in [2.75, 3.05) is 13.7 Å². The Labute approximate surface area is 155 Å². The fraction of sp³-hybridized carbons (Fsp3) is 0.526. The van der Waals surface area contributed by atoms with Crippen LogP contribution in [0.2, 0.25) is 0 Å². The predicted molar refractivity (Wildman–Crippen MR) is 102 cm³/mol. The fourth-order valence-electron chi connectivity index (χ4n) is 2.18. The highest BCUT2D eigenvalue weighted by molar-refractivity contribution is 5.79. The molecule has 26 heavy (non-hydrogen) atoms. The van der Waals surface area contributed by atoms with Gasteiger partial charge in [0.15, 0.2) is 5.96 Å². The lowest BCUT2D eigenvalue weighted by molar-refractivity contribution is 0.301. The summed E-state index contributed by atoms with van der Waals surface area (Å²) in [6, 6.07) is 3.88. The van der Waals surface area contributed by atoms with Crippen molar-refractivity contribution in [3.63, 3.8) is 0 Å². The van der Waals surface area contributed by atoms with Gasteiger partial charge in [0, 0.05) is 30.8 Å². The quantitative estimate of drug-likeness (QED) is 0.584. The zero-order chi connectivity index (χ0) is 19.0. The summed E-state index contributed by atoms with van der Waals surface area (Å²) in [6.07, 6.45) is 4.45. The van der Waals surface area contributed by atoms with Gasteiger partial charge in [-0.15, -0.1) is 0 Å². The lowest BCUT2D eigenvalue weighted by Gasteiger charge is -2.14. The van der Waals surface area contributed by atoms with Crippen LogP contribution in [0, 0.1) is 0 Å². The highest BCUT2D eigenvalue weighted by Gasteiger charge is 2.19. The van der Waals surface area contributed by atoms with Crippen molar-refractivity contribution >= 4 is 5.96 Å². The Morgan fingerprint density at radius 3 is 2.65 bits per heavy atom. The zero-order valence-corrected chi connectivity index (χ0v) is 16.3. The van der Waals surface area contributed by atoms with E-state index in [1.807, 2.05) is 12.1 Å². The lowest BCUT2D eigenvalue weighted by atomic mass is 9.94. The monoisotopic (exact) mass is 359 g/mol. The largest absolute Gasteiger partial charge is 0.477 e. The van der Waals surface area contributed by atoms with Gasteiger partial charge in [0.1, 0.15) is 5.76 Å². The SMILES string of the molecule is CCCOc1ncccc1CNC(=NC)NCc1ncc(C(C)(C)C)o1. The molecule has 0 aliphatic rings. The summed E-state index contributed by atoms with van der Waals surface area (Å²) in [5.74, 6) is 2.81. The van der Waals surface area contributed by atoms with Crippen LogP contribution >= 0.6 is 0 Å². The first-order valence-electron chi connectivity index (χ1n) is 8.90. The summed E-state index contributed by atoms with van der Waals surface area (Å²) in [7, 11) is 1.73. The fourth-order valence-corrected chi connectivity index (χ4v) is 2.18. The van der Waals surface area contributed by atoms with E-state index in [0.29, 0.717) is 37.4 Å². The van der Waals surface area contributed by atoms with Crippen molar-refractivity contribution in [3.05, 3.63) is 41.7 Å². The first kappa shape index (κ1) is 19.8. The smallest absolute Gasteiger partial charge is 0.218 e. The van der Waals surface area contributed by atoms with Gasteiger partial charge in [-0.2, -0.15) is 0 Å². The van der Waals surface area contributed by atoms with Gasteiger partial charge in [-0.3, -0.25) is 4.99 Å². The van der Waals surface area contributed by atoms with E-state index < -0.39 is 0 Å². The molecule has 0 radical (unpaired) electrons. The van der Waals surface area contributed by atoms with Crippen LogP contribution in [-0.4, -0.2) is 29.6 Å². The summed E-state index contributed by atoms with van der Waals surface area (Å²) in [4.78, 5) is 12.8. The van der Waals surface area contributed by atoms with E-state index in [9.17, 15) is 0 Å². The number of hydrogen-bond donors (Lipinski definition) is 2. The average molecular weight is 359 g/mol. The summed E-state index contributed by atoms with van der Waals surface area (Å²) < 4.78 is 11.5. The normalized spacial score (nSPS) is 12.1. The van der Waals surface area contributed by atoms with Crippen molar-refractivity contribution < 1.29 is 9.15 Å². The van der Waals surface area contributed by atoms with Gasteiger partial charge >= 0.3 is 0 Å². The van der Waals surface area contributed by atoms with Gasteiger partial charge in [-0.1, -0.05) is 33.8 Å². The molecule has 0 atom stereocenters. The molecule has 2 aromatic heterocycles. The van der Waals surface area contributed by atoms with Crippen LogP contribution in [0.15, 0.2) is 33.9 Å². The van der Waals surface area contributed by atoms with Gasteiger partial charge in [-0.05, 0) is 12.5 Å². The summed E-state index contributed by atoms with van der Waals surface area (Å²) in [5, 5.41) is 6.46. The molecule has 0 fully saturated rings. The summed E-state index contributed by atoms with van der Waals surface area (Å²) >= 11 is 0. The second kappa shape index (κ2) is 9.22. The highest BCUT2D eigenvalue weighted by Crippen LogP contribution is 2.22. The molecule has 2 heterocycles. The summed E-state index contributed by atoms with van der Waals surface area (Å²) in [5.41, 5.74) is 0.926. The Hall–Kier alpha value is -2.57. The minimum absolute atomic E-state index is 0.0552. The maximum atomic E-state index is 5.78. The van der Waals surface area contributed by atoms with Crippen molar-refractivity contribution in [1.82, 2.24) is 20.6 Å². The second-order valence-corrected chi connectivity index (χ2v) is 6.96. The van der Waals surface area contributed by atoms with Crippen molar-refractivity contribution in [1.29, 1.82) is 0 Å². The number of oxazole rings is 1. The Balaban J connectivity index is 1.89. The van der Waals surface area contributed by atoms with E-state index in [1.54, 1.807) is 19.4 Å². The molecular formula is C19H29N5O2. The minimum atomic E-state index is -0.0552. The maximum absolute atomic E-state index is 5.78. The molecule has 0 bridgehead atoms. The molecule has 0 spiro atoms. The van der Waals surface area contributed by atoms with Gasteiger partial charge in [0.05, 0.1) is 19.3 Å². The molecule has 142 valence electrons. The number of rotatable bonds is 7. The third-order valence-electron chi connectivity index (χ3n) is 3.66. The molecule has 2 aromatic rings. The first-order chi connectivity index (χ1) is 12.4. The van der Waals surface area contributed by atoms with Crippen molar-refractivity contribution in [2.45, 2.75) is 52.6 Å². The molecule has 2 N–H and O–H groups in total. The van der Waals surface area contributed by atoms with Crippen molar-refractivity contribution in [3.8, 4) is 5.88 Å². The molecule has 0 amide bonds. The maximum Gasteiger partial charge on any atom is 0.218 e. The average Bonchev–Trinajstić information content (AvgIpc) is 3.10. The van der Waals surface area contributed by atoms with E-state index in [1.165, 1.54) is 0 Å². The third kappa shape index (κ3) is 5.75. The van der Waals surface area contributed by atoms with E-state index >= 15 is 0 Å². The third-order valence-corrected chi connectivity index (χ3v) is 3.66. The van der Waals surface area contributed by atoms with Crippen LogP contribution in [0.3, 0.4) is 0 Å². The Morgan fingerprint density at radius 1 is 1.23 bits per heavy atom. The number of ether oxygens (including phenoxy) is 1. The molecule has 0 aromatic carbocycles. The Bertz CT molecular complexity index is 719.